The summed E-state index contributed by atoms with van der Waals surface area (Å²) in [5.41, 5.74) is 0.00351. The Morgan fingerprint density at radius 2 is 1.84 bits per heavy atom. The summed E-state index contributed by atoms with van der Waals surface area (Å²) in [5, 5.41) is 3.20. The predicted molar refractivity (Wildman–Crippen MR) is 76.2 cm³/mol. The third-order valence-electron chi connectivity index (χ3n) is 3.52. The molecule has 7 heteroatoms. The van der Waals surface area contributed by atoms with Gasteiger partial charge in [-0.3, -0.25) is 0 Å². The molecule has 6 nitrogen and oxygen atoms in total. The Balaban J connectivity index is 2.72. The second kappa shape index (κ2) is 6.49. The molecule has 0 aliphatic carbocycles. The Morgan fingerprint density at radius 1 is 1.32 bits per heavy atom. The van der Waals surface area contributed by atoms with Crippen LogP contribution in [-0.2, 0) is 14.9 Å². The first-order valence-corrected chi connectivity index (χ1v) is 8.05. The molecule has 0 spiro atoms. The summed E-state index contributed by atoms with van der Waals surface area (Å²) in [7, 11) is 0.125. The van der Waals surface area contributed by atoms with E-state index in [4.69, 9.17) is 4.74 Å². The molecular formula is C12H27N3O3S. The van der Waals surface area contributed by atoms with Crippen LogP contribution in [0.2, 0.25) is 0 Å². The Morgan fingerprint density at radius 3 is 2.26 bits per heavy atom. The van der Waals surface area contributed by atoms with Gasteiger partial charge in [0.25, 0.3) is 10.2 Å². The van der Waals surface area contributed by atoms with Gasteiger partial charge in [-0.25, -0.2) is 0 Å². The lowest BCUT2D eigenvalue weighted by molar-refractivity contribution is 0.0701. The first-order chi connectivity index (χ1) is 8.69. The molecule has 0 aromatic heterocycles. The number of nitrogens with one attached hydrogen (secondary N) is 1. The molecule has 1 N–H and O–H groups in total. The summed E-state index contributed by atoms with van der Waals surface area (Å²) in [6, 6.07) is 0.105. The molecule has 1 aliphatic rings. The topological polar surface area (TPSA) is 61.9 Å². The lowest BCUT2D eigenvalue weighted by Crippen LogP contribution is -2.52. The summed E-state index contributed by atoms with van der Waals surface area (Å²) in [4.78, 5) is 0. The lowest BCUT2D eigenvalue weighted by atomic mass is 9.87. The molecule has 1 atom stereocenters. The van der Waals surface area contributed by atoms with Crippen molar-refractivity contribution in [1.82, 2.24) is 13.9 Å². The van der Waals surface area contributed by atoms with E-state index in [0.29, 0.717) is 32.8 Å². The van der Waals surface area contributed by atoms with Crippen LogP contribution in [0.5, 0.6) is 0 Å². The minimum absolute atomic E-state index is 0.00351. The summed E-state index contributed by atoms with van der Waals surface area (Å²) in [6.45, 7) is 8.58. The van der Waals surface area contributed by atoms with Gasteiger partial charge >= 0.3 is 0 Å². The zero-order valence-corrected chi connectivity index (χ0v) is 13.5. The van der Waals surface area contributed by atoms with Crippen molar-refractivity contribution in [3.63, 3.8) is 0 Å². The molecule has 1 heterocycles. The maximum absolute atomic E-state index is 12.4. The van der Waals surface area contributed by atoms with Crippen LogP contribution in [0.25, 0.3) is 0 Å². The van der Waals surface area contributed by atoms with Crippen LogP contribution in [0.1, 0.15) is 20.8 Å². The van der Waals surface area contributed by atoms with Gasteiger partial charge in [0.1, 0.15) is 0 Å². The standard InChI is InChI=1S/C12H27N3O3S/c1-12(2,3)11(13-4)10-14(5)19(16,17)15-6-8-18-9-7-15/h11,13H,6-10H2,1-5H3/t11-/m0/s1. The van der Waals surface area contributed by atoms with Gasteiger partial charge in [-0.2, -0.15) is 17.0 Å². The first kappa shape index (κ1) is 16.8. The Labute approximate surface area is 117 Å². The highest BCUT2D eigenvalue weighted by atomic mass is 32.2. The van der Waals surface area contributed by atoms with Crippen molar-refractivity contribution in [2.45, 2.75) is 26.8 Å². The monoisotopic (exact) mass is 293 g/mol. The van der Waals surface area contributed by atoms with E-state index in [0.717, 1.165) is 0 Å². The van der Waals surface area contributed by atoms with Crippen molar-refractivity contribution in [2.24, 2.45) is 5.41 Å². The maximum atomic E-state index is 12.4. The number of morpholine rings is 1. The van der Waals surface area contributed by atoms with Crippen LogP contribution < -0.4 is 5.32 Å². The van der Waals surface area contributed by atoms with Gasteiger partial charge < -0.3 is 10.1 Å². The third-order valence-corrected chi connectivity index (χ3v) is 5.48. The largest absolute Gasteiger partial charge is 0.379 e. The summed E-state index contributed by atoms with van der Waals surface area (Å²) in [5.74, 6) is 0. The average molecular weight is 293 g/mol. The minimum atomic E-state index is -3.38. The van der Waals surface area contributed by atoms with E-state index in [1.165, 1.54) is 8.61 Å². The molecule has 1 rings (SSSR count). The molecule has 114 valence electrons. The van der Waals surface area contributed by atoms with Crippen LogP contribution >= 0.6 is 0 Å². The smallest absolute Gasteiger partial charge is 0.281 e. The predicted octanol–water partition coefficient (Wildman–Crippen LogP) is 0.129. The Bertz CT molecular complexity index is 372. The maximum Gasteiger partial charge on any atom is 0.281 e. The number of hydrogen-bond donors (Lipinski definition) is 1. The van der Waals surface area contributed by atoms with E-state index >= 15 is 0 Å². The molecular weight excluding hydrogens is 266 g/mol. The first-order valence-electron chi connectivity index (χ1n) is 6.66. The summed E-state index contributed by atoms with van der Waals surface area (Å²) < 4.78 is 33.0. The van der Waals surface area contributed by atoms with Gasteiger partial charge in [0.2, 0.25) is 0 Å². The Hall–Kier alpha value is -0.210. The molecule has 1 fully saturated rings. The molecule has 1 aliphatic heterocycles. The zero-order chi connectivity index (χ0) is 14.7. The minimum Gasteiger partial charge on any atom is -0.379 e. The van der Waals surface area contributed by atoms with Gasteiger partial charge in [-0.05, 0) is 12.5 Å². The van der Waals surface area contributed by atoms with Gasteiger partial charge in [0, 0.05) is 32.7 Å². The number of rotatable bonds is 5. The highest BCUT2D eigenvalue weighted by Gasteiger charge is 2.32. The highest BCUT2D eigenvalue weighted by Crippen LogP contribution is 2.21. The second-order valence-electron chi connectivity index (χ2n) is 6.01. The fourth-order valence-electron chi connectivity index (χ4n) is 2.12. The van der Waals surface area contributed by atoms with E-state index in [2.05, 4.69) is 26.1 Å². The van der Waals surface area contributed by atoms with E-state index in [-0.39, 0.29) is 11.5 Å². The van der Waals surface area contributed by atoms with E-state index < -0.39 is 10.2 Å². The molecule has 0 amide bonds. The number of nitrogens with zero attached hydrogens (tertiary/aromatic N) is 2. The third kappa shape index (κ3) is 4.39. The molecule has 0 radical (unpaired) electrons. The lowest BCUT2D eigenvalue weighted by Gasteiger charge is -2.36. The van der Waals surface area contributed by atoms with E-state index in [1.807, 2.05) is 7.05 Å². The van der Waals surface area contributed by atoms with Crippen LogP contribution in [0.15, 0.2) is 0 Å². The van der Waals surface area contributed by atoms with Gasteiger partial charge in [-0.15, -0.1) is 0 Å². The van der Waals surface area contributed by atoms with Crippen LogP contribution in [0, 0.1) is 5.41 Å². The fraction of sp³-hybridized carbons (Fsp3) is 1.00. The fourth-order valence-corrected chi connectivity index (χ4v) is 3.47. The SMILES string of the molecule is CN[C@@H](CN(C)S(=O)(=O)N1CCOCC1)C(C)(C)C. The summed E-state index contributed by atoms with van der Waals surface area (Å²) in [6.07, 6.45) is 0. The van der Waals surface area contributed by atoms with Crippen molar-refractivity contribution in [3.05, 3.63) is 0 Å². The van der Waals surface area contributed by atoms with Gasteiger partial charge in [0.05, 0.1) is 13.2 Å². The number of likely N-dealkylation sites (N-methyl/N-ethyl adjacent to an activating group) is 2. The molecule has 19 heavy (non-hydrogen) atoms. The van der Waals surface area contributed by atoms with Crippen LogP contribution in [0.3, 0.4) is 0 Å². The van der Waals surface area contributed by atoms with E-state index in [9.17, 15) is 8.42 Å². The Kier molecular flexibility index (Phi) is 5.76. The normalized spacial score (nSPS) is 20.7. The van der Waals surface area contributed by atoms with Crippen molar-refractivity contribution >= 4 is 10.2 Å². The number of ether oxygens (including phenoxy) is 1. The highest BCUT2D eigenvalue weighted by molar-refractivity contribution is 7.86. The molecule has 0 saturated carbocycles. The van der Waals surface area contributed by atoms with Crippen LogP contribution in [-0.4, -0.2) is 70.0 Å². The zero-order valence-electron chi connectivity index (χ0n) is 12.6. The molecule has 1 saturated heterocycles. The van der Waals surface area contributed by atoms with Crippen molar-refractivity contribution < 1.29 is 13.2 Å². The van der Waals surface area contributed by atoms with E-state index in [1.54, 1.807) is 7.05 Å². The number of hydrogen-bond acceptors (Lipinski definition) is 4. The van der Waals surface area contributed by atoms with Crippen molar-refractivity contribution in [3.8, 4) is 0 Å². The molecule has 0 bridgehead atoms. The quantitative estimate of drug-likeness (QED) is 0.783. The molecule has 0 aromatic carbocycles. The second-order valence-corrected chi connectivity index (χ2v) is 8.04. The van der Waals surface area contributed by atoms with Crippen molar-refractivity contribution in [2.75, 3.05) is 46.9 Å². The van der Waals surface area contributed by atoms with Gasteiger partial charge in [-0.1, -0.05) is 20.8 Å². The van der Waals surface area contributed by atoms with Crippen molar-refractivity contribution in [1.29, 1.82) is 0 Å². The molecule has 0 aromatic rings. The molecule has 0 unspecified atom stereocenters. The van der Waals surface area contributed by atoms with Gasteiger partial charge in [0.15, 0.2) is 0 Å². The summed E-state index contributed by atoms with van der Waals surface area (Å²) >= 11 is 0. The van der Waals surface area contributed by atoms with Crippen LogP contribution in [0.4, 0.5) is 0 Å². The average Bonchev–Trinajstić information content (AvgIpc) is 2.35.